The molecule has 3 aromatic rings. The van der Waals surface area contributed by atoms with Crippen LogP contribution in [0.25, 0.3) is 16.3 Å². The lowest BCUT2D eigenvalue weighted by Crippen LogP contribution is -1.91. The molecule has 1 heteroatoms. The standard InChI is InChI=1S/C19H15I/c1-14(20)19(16-9-3-2-4-10-16)18-13-7-11-15-8-5-6-12-17(15)18/h2-13H,1H3/b19-14+. The minimum Gasteiger partial charge on any atom is -0.0622 e. The molecule has 98 valence electrons. The molecule has 20 heavy (non-hydrogen) atoms. The number of benzene rings is 3. The first-order valence-corrected chi connectivity index (χ1v) is 7.75. The van der Waals surface area contributed by atoms with Crippen molar-refractivity contribution >= 4 is 38.9 Å². The van der Waals surface area contributed by atoms with Crippen molar-refractivity contribution in [2.24, 2.45) is 0 Å². The van der Waals surface area contributed by atoms with Crippen LogP contribution in [-0.4, -0.2) is 0 Å². The number of rotatable bonds is 2. The van der Waals surface area contributed by atoms with E-state index in [9.17, 15) is 0 Å². The van der Waals surface area contributed by atoms with Crippen molar-refractivity contribution in [3.8, 4) is 0 Å². The molecule has 0 bridgehead atoms. The molecule has 0 fully saturated rings. The molecule has 0 unspecified atom stereocenters. The number of hydrogen-bond acceptors (Lipinski definition) is 0. The van der Waals surface area contributed by atoms with Crippen LogP contribution in [0.3, 0.4) is 0 Å². The number of halogens is 1. The predicted octanol–water partition coefficient (Wildman–Crippen LogP) is 6.05. The largest absolute Gasteiger partial charge is 0.0622 e. The Bertz CT molecular complexity index is 761. The molecule has 0 N–H and O–H groups in total. The van der Waals surface area contributed by atoms with E-state index in [1.54, 1.807) is 0 Å². The van der Waals surface area contributed by atoms with Gasteiger partial charge in [-0.2, -0.15) is 0 Å². The van der Waals surface area contributed by atoms with Gasteiger partial charge in [-0.3, -0.25) is 0 Å². The molecule has 0 nitrogen and oxygen atoms in total. The molecule has 0 spiro atoms. The van der Waals surface area contributed by atoms with Gasteiger partial charge in [0, 0.05) is 0 Å². The van der Waals surface area contributed by atoms with Crippen LogP contribution >= 0.6 is 22.6 Å². The normalized spacial score (nSPS) is 12.3. The van der Waals surface area contributed by atoms with E-state index in [0.717, 1.165) is 0 Å². The zero-order valence-electron chi connectivity index (χ0n) is 11.3. The summed E-state index contributed by atoms with van der Waals surface area (Å²) < 4.78 is 1.31. The van der Waals surface area contributed by atoms with Gasteiger partial charge < -0.3 is 0 Å². The van der Waals surface area contributed by atoms with Crippen LogP contribution in [0.5, 0.6) is 0 Å². The molecule has 0 heterocycles. The molecular formula is C19H15I. The molecular weight excluding hydrogens is 355 g/mol. The third-order valence-corrected chi connectivity index (χ3v) is 4.01. The fraction of sp³-hybridized carbons (Fsp3) is 0.0526. The Labute approximate surface area is 133 Å². The van der Waals surface area contributed by atoms with Crippen molar-refractivity contribution in [1.29, 1.82) is 0 Å². The number of hydrogen-bond donors (Lipinski definition) is 0. The Morgan fingerprint density at radius 2 is 1.40 bits per heavy atom. The Morgan fingerprint density at radius 3 is 2.15 bits per heavy atom. The van der Waals surface area contributed by atoms with Crippen LogP contribution in [0, 0.1) is 0 Å². The van der Waals surface area contributed by atoms with Gasteiger partial charge in [0.2, 0.25) is 0 Å². The van der Waals surface area contributed by atoms with Gasteiger partial charge in [0.15, 0.2) is 0 Å². The third kappa shape index (κ3) is 2.50. The van der Waals surface area contributed by atoms with E-state index < -0.39 is 0 Å². The van der Waals surface area contributed by atoms with Crippen molar-refractivity contribution in [3.05, 3.63) is 87.5 Å². The van der Waals surface area contributed by atoms with E-state index in [4.69, 9.17) is 0 Å². The van der Waals surface area contributed by atoms with E-state index in [1.165, 1.54) is 31.1 Å². The van der Waals surface area contributed by atoms with Crippen LogP contribution in [-0.2, 0) is 0 Å². The van der Waals surface area contributed by atoms with E-state index in [0.29, 0.717) is 0 Å². The molecule has 0 atom stereocenters. The fourth-order valence-corrected chi connectivity index (χ4v) is 3.19. The van der Waals surface area contributed by atoms with Gasteiger partial charge in [-0.1, -0.05) is 72.8 Å². The van der Waals surface area contributed by atoms with Crippen LogP contribution in [0.15, 0.2) is 76.4 Å². The minimum absolute atomic E-state index is 1.27. The highest BCUT2D eigenvalue weighted by Crippen LogP contribution is 2.34. The molecule has 0 amide bonds. The zero-order chi connectivity index (χ0) is 13.9. The maximum absolute atomic E-state index is 2.42. The van der Waals surface area contributed by atoms with Gasteiger partial charge in [-0.05, 0) is 60.6 Å². The summed E-state index contributed by atoms with van der Waals surface area (Å²) in [4.78, 5) is 0. The molecule has 0 aliphatic carbocycles. The van der Waals surface area contributed by atoms with Crippen LogP contribution in [0.4, 0.5) is 0 Å². The van der Waals surface area contributed by atoms with Crippen molar-refractivity contribution in [1.82, 2.24) is 0 Å². The summed E-state index contributed by atoms with van der Waals surface area (Å²) in [5.74, 6) is 0. The minimum atomic E-state index is 1.27. The lowest BCUT2D eigenvalue weighted by molar-refractivity contribution is 1.55. The first kappa shape index (κ1) is 13.4. The molecule has 0 aromatic heterocycles. The second kappa shape index (κ2) is 5.80. The Morgan fingerprint density at radius 1 is 0.750 bits per heavy atom. The van der Waals surface area contributed by atoms with E-state index in [-0.39, 0.29) is 0 Å². The van der Waals surface area contributed by atoms with E-state index in [2.05, 4.69) is 102 Å². The first-order valence-electron chi connectivity index (χ1n) is 6.67. The topological polar surface area (TPSA) is 0 Å². The monoisotopic (exact) mass is 370 g/mol. The second-order valence-electron chi connectivity index (χ2n) is 4.80. The summed E-state index contributed by atoms with van der Waals surface area (Å²) in [6, 6.07) is 25.7. The number of fused-ring (bicyclic) bond motifs is 1. The highest BCUT2D eigenvalue weighted by atomic mass is 127. The smallest absolute Gasteiger partial charge is 0.00152 e. The van der Waals surface area contributed by atoms with Crippen molar-refractivity contribution in [3.63, 3.8) is 0 Å². The summed E-state index contributed by atoms with van der Waals surface area (Å²) in [7, 11) is 0. The maximum Gasteiger partial charge on any atom is -0.00152 e. The maximum atomic E-state index is 2.42. The van der Waals surface area contributed by atoms with Crippen LogP contribution in [0.1, 0.15) is 18.1 Å². The molecule has 0 radical (unpaired) electrons. The van der Waals surface area contributed by atoms with E-state index in [1.807, 2.05) is 0 Å². The zero-order valence-corrected chi connectivity index (χ0v) is 13.5. The van der Waals surface area contributed by atoms with E-state index >= 15 is 0 Å². The summed E-state index contributed by atoms with van der Waals surface area (Å²) in [5, 5.41) is 2.60. The molecule has 0 aliphatic rings. The fourth-order valence-electron chi connectivity index (χ4n) is 2.59. The Balaban J connectivity index is 2.30. The van der Waals surface area contributed by atoms with Gasteiger partial charge in [0.25, 0.3) is 0 Å². The van der Waals surface area contributed by atoms with Gasteiger partial charge in [-0.15, -0.1) is 0 Å². The molecule has 0 aliphatic heterocycles. The van der Waals surface area contributed by atoms with Gasteiger partial charge in [-0.25, -0.2) is 0 Å². The predicted molar refractivity (Wildman–Crippen MR) is 96.1 cm³/mol. The van der Waals surface area contributed by atoms with Crippen molar-refractivity contribution in [2.75, 3.05) is 0 Å². The lowest BCUT2D eigenvalue weighted by Gasteiger charge is -2.13. The highest BCUT2D eigenvalue weighted by Gasteiger charge is 2.10. The Kier molecular flexibility index (Phi) is 3.88. The second-order valence-corrected chi connectivity index (χ2v) is 6.42. The average molecular weight is 370 g/mol. The third-order valence-electron chi connectivity index (χ3n) is 3.47. The number of allylic oxidation sites excluding steroid dienone is 1. The summed E-state index contributed by atoms with van der Waals surface area (Å²) >= 11 is 2.42. The van der Waals surface area contributed by atoms with Gasteiger partial charge >= 0.3 is 0 Å². The SMILES string of the molecule is C/C(I)=C(/c1ccccc1)c1cccc2ccccc12. The van der Waals surface area contributed by atoms with Crippen LogP contribution in [0.2, 0.25) is 0 Å². The average Bonchev–Trinajstić information content (AvgIpc) is 2.48. The molecule has 3 aromatic carbocycles. The van der Waals surface area contributed by atoms with Gasteiger partial charge in [0.05, 0.1) is 0 Å². The lowest BCUT2D eigenvalue weighted by atomic mass is 9.93. The first-order chi connectivity index (χ1) is 9.77. The molecule has 0 saturated carbocycles. The summed E-state index contributed by atoms with van der Waals surface area (Å²) in [6.07, 6.45) is 0. The summed E-state index contributed by atoms with van der Waals surface area (Å²) in [5.41, 5.74) is 3.90. The highest BCUT2D eigenvalue weighted by molar-refractivity contribution is 14.1. The van der Waals surface area contributed by atoms with Crippen molar-refractivity contribution in [2.45, 2.75) is 6.92 Å². The van der Waals surface area contributed by atoms with Crippen molar-refractivity contribution < 1.29 is 0 Å². The van der Waals surface area contributed by atoms with Crippen LogP contribution < -0.4 is 0 Å². The molecule has 3 rings (SSSR count). The van der Waals surface area contributed by atoms with Gasteiger partial charge in [0.1, 0.15) is 0 Å². The quantitative estimate of drug-likeness (QED) is 0.482. The molecule has 0 saturated heterocycles. The Hall–Kier alpha value is -1.61. The summed E-state index contributed by atoms with van der Waals surface area (Å²) in [6.45, 7) is 2.17.